The SMILES string of the molecule is CCCC(=O)C1=C(O)C(=O)N(c2ccc3nc[nH]c3c2)C1c1c[nH]c2ccccc12. The van der Waals surface area contributed by atoms with Crippen LogP contribution in [0.2, 0.25) is 0 Å². The number of aromatic nitrogens is 3. The zero-order valence-corrected chi connectivity index (χ0v) is 16.3. The Balaban J connectivity index is 1.72. The summed E-state index contributed by atoms with van der Waals surface area (Å²) in [6.07, 6.45) is 4.29. The van der Waals surface area contributed by atoms with Gasteiger partial charge < -0.3 is 15.1 Å². The van der Waals surface area contributed by atoms with Crippen LogP contribution in [0, 0.1) is 0 Å². The van der Waals surface area contributed by atoms with Crippen molar-refractivity contribution in [1.82, 2.24) is 15.0 Å². The lowest BCUT2D eigenvalue weighted by Crippen LogP contribution is -2.30. The lowest BCUT2D eigenvalue weighted by molar-refractivity contribution is -0.118. The number of H-pyrrole nitrogens is 2. The molecule has 4 aromatic rings. The fourth-order valence-corrected chi connectivity index (χ4v) is 4.21. The molecule has 7 nitrogen and oxygen atoms in total. The Morgan fingerprint density at radius 1 is 1.17 bits per heavy atom. The molecule has 5 rings (SSSR count). The summed E-state index contributed by atoms with van der Waals surface area (Å²) in [6.45, 7) is 1.90. The van der Waals surface area contributed by atoms with Gasteiger partial charge in [0.2, 0.25) is 0 Å². The molecule has 3 heterocycles. The van der Waals surface area contributed by atoms with Crippen LogP contribution in [0.1, 0.15) is 31.4 Å². The molecule has 0 saturated carbocycles. The Morgan fingerprint density at radius 2 is 2.00 bits per heavy atom. The van der Waals surface area contributed by atoms with Crippen LogP contribution in [0.4, 0.5) is 5.69 Å². The van der Waals surface area contributed by atoms with E-state index in [1.165, 1.54) is 4.90 Å². The number of aliphatic hydroxyl groups is 1. The molecule has 0 aliphatic carbocycles. The van der Waals surface area contributed by atoms with Crippen LogP contribution in [0.15, 0.2) is 66.3 Å². The largest absolute Gasteiger partial charge is 0.503 e. The van der Waals surface area contributed by atoms with Crippen molar-refractivity contribution in [2.75, 3.05) is 4.90 Å². The number of fused-ring (bicyclic) bond motifs is 2. The van der Waals surface area contributed by atoms with Gasteiger partial charge in [0.05, 0.1) is 29.0 Å². The third kappa shape index (κ3) is 2.62. The summed E-state index contributed by atoms with van der Waals surface area (Å²) in [5.74, 6) is -1.28. The van der Waals surface area contributed by atoms with Gasteiger partial charge in [-0.15, -0.1) is 0 Å². The van der Waals surface area contributed by atoms with Crippen LogP contribution in [0.5, 0.6) is 0 Å². The summed E-state index contributed by atoms with van der Waals surface area (Å²) in [7, 11) is 0. The average molecular weight is 400 g/mol. The summed E-state index contributed by atoms with van der Waals surface area (Å²) in [6, 6.07) is 12.4. The summed E-state index contributed by atoms with van der Waals surface area (Å²) in [4.78, 5) is 38.1. The molecular formula is C23H20N4O3. The van der Waals surface area contributed by atoms with Gasteiger partial charge >= 0.3 is 0 Å². The Bertz CT molecular complexity index is 1330. The number of carbonyl (C=O) groups excluding carboxylic acids is 2. The number of amides is 1. The number of para-hydroxylation sites is 1. The molecule has 3 N–H and O–H groups in total. The van der Waals surface area contributed by atoms with Gasteiger partial charge in [-0.1, -0.05) is 25.1 Å². The van der Waals surface area contributed by atoms with Crippen molar-refractivity contribution in [2.24, 2.45) is 0 Å². The maximum Gasteiger partial charge on any atom is 0.294 e. The van der Waals surface area contributed by atoms with E-state index in [-0.39, 0.29) is 17.8 Å². The Hall–Kier alpha value is -3.87. The fraction of sp³-hybridized carbons (Fsp3) is 0.174. The number of aromatic amines is 2. The predicted octanol–water partition coefficient (Wildman–Crippen LogP) is 4.31. The highest BCUT2D eigenvalue weighted by atomic mass is 16.3. The molecule has 2 aromatic heterocycles. The molecular weight excluding hydrogens is 380 g/mol. The molecule has 7 heteroatoms. The van der Waals surface area contributed by atoms with E-state index in [2.05, 4.69) is 15.0 Å². The molecule has 30 heavy (non-hydrogen) atoms. The minimum absolute atomic E-state index is 0.149. The standard InChI is InChI=1S/C23H20N4O3/c1-2-5-19(28)20-21(15-11-24-16-7-4-3-6-14(15)16)27(23(30)22(20)29)13-8-9-17-18(10-13)26-12-25-17/h3-4,6-12,21,24,29H,2,5H2,1H3,(H,25,26). The molecule has 150 valence electrons. The van der Waals surface area contributed by atoms with E-state index < -0.39 is 17.7 Å². The first-order chi connectivity index (χ1) is 14.6. The van der Waals surface area contributed by atoms with E-state index in [0.29, 0.717) is 12.1 Å². The molecule has 0 radical (unpaired) electrons. The van der Waals surface area contributed by atoms with Crippen LogP contribution in [-0.4, -0.2) is 31.7 Å². The number of aliphatic hydroxyl groups excluding tert-OH is 1. The van der Waals surface area contributed by atoms with Crippen LogP contribution in [-0.2, 0) is 9.59 Å². The van der Waals surface area contributed by atoms with Crippen LogP contribution < -0.4 is 4.90 Å². The summed E-state index contributed by atoms with van der Waals surface area (Å²) >= 11 is 0. The normalized spacial score (nSPS) is 16.9. The summed E-state index contributed by atoms with van der Waals surface area (Å²) in [5, 5.41) is 11.6. The van der Waals surface area contributed by atoms with Crippen molar-refractivity contribution in [2.45, 2.75) is 25.8 Å². The van der Waals surface area contributed by atoms with Gasteiger partial charge in [0.15, 0.2) is 11.5 Å². The highest BCUT2D eigenvalue weighted by Crippen LogP contribution is 2.44. The van der Waals surface area contributed by atoms with Crippen LogP contribution in [0.3, 0.4) is 0 Å². The van der Waals surface area contributed by atoms with E-state index in [1.54, 1.807) is 12.4 Å². The number of nitrogens with one attached hydrogen (secondary N) is 2. The first kappa shape index (κ1) is 18.2. The van der Waals surface area contributed by atoms with Gasteiger partial charge in [-0.2, -0.15) is 0 Å². The van der Waals surface area contributed by atoms with Crippen LogP contribution >= 0.6 is 0 Å². The van der Waals surface area contributed by atoms with Gasteiger partial charge in [-0.25, -0.2) is 4.98 Å². The lowest BCUT2D eigenvalue weighted by atomic mass is 9.93. The smallest absolute Gasteiger partial charge is 0.294 e. The predicted molar refractivity (Wildman–Crippen MR) is 114 cm³/mol. The number of benzene rings is 2. The number of imidazole rings is 1. The number of carbonyl (C=O) groups is 2. The Kier molecular flexibility index (Phi) is 4.17. The van der Waals surface area contributed by atoms with E-state index >= 15 is 0 Å². The number of rotatable bonds is 5. The summed E-state index contributed by atoms with van der Waals surface area (Å²) < 4.78 is 0. The molecule has 0 saturated heterocycles. The monoisotopic (exact) mass is 400 g/mol. The van der Waals surface area contributed by atoms with Crippen molar-refractivity contribution in [3.05, 3.63) is 71.9 Å². The second-order valence-corrected chi connectivity index (χ2v) is 7.41. The minimum atomic E-state index is -0.715. The number of hydrogen-bond donors (Lipinski definition) is 3. The van der Waals surface area contributed by atoms with Crippen molar-refractivity contribution >= 4 is 39.3 Å². The molecule has 1 atom stereocenters. The van der Waals surface area contributed by atoms with Gasteiger partial charge in [-0.3, -0.25) is 14.5 Å². The molecule has 0 bridgehead atoms. The minimum Gasteiger partial charge on any atom is -0.503 e. The van der Waals surface area contributed by atoms with E-state index in [1.807, 2.05) is 49.5 Å². The molecule has 1 amide bonds. The zero-order valence-electron chi connectivity index (χ0n) is 16.3. The molecule has 1 unspecified atom stereocenters. The maximum atomic E-state index is 13.2. The van der Waals surface area contributed by atoms with Crippen molar-refractivity contribution in [1.29, 1.82) is 0 Å². The highest BCUT2D eigenvalue weighted by molar-refractivity contribution is 6.17. The molecule has 1 aliphatic rings. The van der Waals surface area contributed by atoms with Gasteiger partial charge in [0.25, 0.3) is 5.91 Å². The highest BCUT2D eigenvalue weighted by Gasteiger charge is 2.44. The van der Waals surface area contributed by atoms with E-state index in [0.717, 1.165) is 27.5 Å². The number of Topliss-reactive ketones (excluding diaryl/α,β-unsaturated/α-hetero) is 1. The molecule has 1 aliphatic heterocycles. The van der Waals surface area contributed by atoms with Gasteiger partial charge in [0.1, 0.15) is 0 Å². The second kappa shape index (κ2) is 6.88. The van der Waals surface area contributed by atoms with Crippen LogP contribution in [0.25, 0.3) is 21.9 Å². The first-order valence-electron chi connectivity index (χ1n) is 9.89. The van der Waals surface area contributed by atoms with E-state index in [4.69, 9.17) is 0 Å². The third-order valence-corrected chi connectivity index (χ3v) is 5.58. The maximum absolute atomic E-state index is 13.2. The van der Waals surface area contributed by atoms with E-state index in [9.17, 15) is 14.7 Å². The van der Waals surface area contributed by atoms with Gasteiger partial charge in [0, 0.05) is 34.8 Å². The topological polar surface area (TPSA) is 102 Å². The second-order valence-electron chi connectivity index (χ2n) is 7.41. The fourth-order valence-electron chi connectivity index (χ4n) is 4.21. The molecule has 2 aromatic carbocycles. The van der Waals surface area contributed by atoms with Crippen molar-refractivity contribution < 1.29 is 14.7 Å². The Morgan fingerprint density at radius 3 is 2.83 bits per heavy atom. The van der Waals surface area contributed by atoms with Gasteiger partial charge in [-0.05, 0) is 30.7 Å². The third-order valence-electron chi connectivity index (χ3n) is 5.58. The zero-order chi connectivity index (χ0) is 20.8. The Labute approximate surface area is 172 Å². The average Bonchev–Trinajstić information content (AvgIpc) is 3.44. The number of nitrogens with zero attached hydrogens (tertiary/aromatic N) is 2. The quantitative estimate of drug-likeness (QED) is 0.464. The number of hydrogen-bond acceptors (Lipinski definition) is 4. The lowest BCUT2D eigenvalue weighted by Gasteiger charge is -2.26. The van der Waals surface area contributed by atoms with Crippen molar-refractivity contribution in [3.63, 3.8) is 0 Å². The van der Waals surface area contributed by atoms with Crippen molar-refractivity contribution in [3.8, 4) is 0 Å². The number of anilines is 1. The summed E-state index contributed by atoms with van der Waals surface area (Å²) in [5.41, 5.74) is 3.94. The number of ketones is 1. The molecule has 0 fully saturated rings. The first-order valence-corrected chi connectivity index (χ1v) is 9.89. The molecule has 0 spiro atoms.